The van der Waals surface area contributed by atoms with Gasteiger partial charge in [0.15, 0.2) is 0 Å². The van der Waals surface area contributed by atoms with Crippen LogP contribution in [0.25, 0.3) is 0 Å². The number of nitrogens with zero attached hydrogens (tertiary/aromatic N) is 1. The smallest absolute Gasteiger partial charge is 0.327 e. The lowest BCUT2D eigenvalue weighted by molar-refractivity contribution is -0.142. The molecule has 6 nitrogen and oxygen atoms in total. The van der Waals surface area contributed by atoms with Crippen molar-refractivity contribution >= 4 is 17.8 Å². The number of aliphatic carboxylic acids is 1. The number of aryl methyl sites for hydroxylation is 1. The SMILES string of the molecule is COCCC(C(=O)O)N1C(=O)c2ccc(C)cc2C1=O. The fourth-order valence-electron chi connectivity index (χ4n) is 2.25. The van der Waals surface area contributed by atoms with Crippen LogP contribution in [0.5, 0.6) is 0 Å². The number of imide groups is 1. The van der Waals surface area contributed by atoms with Gasteiger partial charge in [-0.15, -0.1) is 0 Å². The number of hydrogen-bond donors (Lipinski definition) is 1. The average Bonchev–Trinajstić information content (AvgIpc) is 2.63. The molecule has 1 aromatic rings. The number of amides is 2. The second-order valence-electron chi connectivity index (χ2n) is 4.66. The van der Waals surface area contributed by atoms with Crippen LogP contribution in [0.15, 0.2) is 18.2 Å². The number of methoxy groups -OCH3 is 1. The van der Waals surface area contributed by atoms with Crippen molar-refractivity contribution in [2.24, 2.45) is 0 Å². The Balaban J connectivity index is 2.37. The Morgan fingerprint density at radius 1 is 1.30 bits per heavy atom. The summed E-state index contributed by atoms with van der Waals surface area (Å²) in [5.41, 5.74) is 1.36. The van der Waals surface area contributed by atoms with Gasteiger partial charge in [-0.2, -0.15) is 0 Å². The molecule has 20 heavy (non-hydrogen) atoms. The van der Waals surface area contributed by atoms with E-state index in [1.54, 1.807) is 25.1 Å². The summed E-state index contributed by atoms with van der Waals surface area (Å²) in [6.07, 6.45) is 0.0658. The lowest BCUT2D eigenvalue weighted by atomic mass is 10.1. The van der Waals surface area contributed by atoms with Crippen LogP contribution in [-0.2, 0) is 9.53 Å². The van der Waals surface area contributed by atoms with E-state index in [0.29, 0.717) is 0 Å². The Kier molecular flexibility index (Phi) is 3.85. The summed E-state index contributed by atoms with van der Waals surface area (Å²) in [6.45, 7) is 1.96. The third-order valence-electron chi connectivity index (χ3n) is 3.27. The molecule has 2 rings (SSSR count). The van der Waals surface area contributed by atoms with E-state index in [2.05, 4.69) is 0 Å². The van der Waals surface area contributed by atoms with Gasteiger partial charge in [-0.05, 0) is 19.1 Å². The van der Waals surface area contributed by atoms with E-state index in [-0.39, 0.29) is 24.2 Å². The lowest BCUT2D eigenvalue weighted by Crippen LogP contribution is -2.45. The molecule has 0 radical (unpaired) electrons. The number of carboxylic acids is 1. The van der Waals surface area contributed by atoms with Gasteiger partial charge in [0.25, 0.3) is 11.8 Å². The van der Waals surface area contributed by atoms with E-state index in [4.69, 9.17) is 4.74 Å². The number of carbonyl (C=O) groups is 3. The fourth-order valence-corrected chi connectivity index (χ4v) is 2.25. The number of hydrogen-bond acceptors (Lipinski definition) is 4. The summed E-state index contributed by atoms with van der Waals surface area (Å²) in [5, 5.41) is 9.23. The van der Waals surface area contributed by atoms with Crippen molar-refractivity contribution in [2.45, 2.75) is 19.4 Å². The van der Waals surface area contributed by atoms with Gasteiger partial charge in [0.1, 0.15) is 6.04 Å². The van der Waals surface area contributed by atoms with Crippen molar-refractivity contribution in [3.8, 4) is 0 Å². The van der Waals surface area contributed by atoms with Crippen LogP contribution in [0.4, 0.5) is 0 Å². The second-order valence-corrected chi connectivity index (χ2v) is 4.66. The maximum Gasteiger partial charge on any atom is 0.327 e. The summed E-state index contributed by atoms with van der Waals surface area (Å²) in [6, 6.07) is 3.67. The molecule has 106 valence electrons. The highest BCUT2D eigenvalue weighted by molar-refractivity contribution is 6.22. The molecule has 6 heteroatoms. The van der Waals surface area contributed by atoms with Crippen molar-refractivity contribution in [2.75, 3.05) is 13.7 Å². The van der Waals surface area contributed by atoms with E-state index in [9.17, 15) is 19.5 Å². The van der Waals surface area contributed by atoms with Crippen LogP contribution < -0.4 is 0 Å². The van der Waals surface area contributed by atoms with Crippen LogP contribution >= 0.6 is 0 Å². The summed E-state index contributed by atoms with van der Waals surface area (Å²) in [7, 11) is 1.44. The van der Waals surface area contributed by atoms with Gasteiger partial charge in [-0.25, -0.2) is 4.79 Å². The molecular weight excluding hydrogens is 262 g/mol. The molecule has 0 saturated heterocycles. The van der Waals surface area contributed by atoms with Crippen LogP contribution in [0.1, 0.15) is 32.7 Å². The van der Waals surface area contributed by atoms with Crippen LogP contribution in [-0.4, -0.2) is 47.5 Å². The Bertz CT molecular complexity index is 581. The van der Waals surface area contributed by atoms with E-state index < -0.39 is 23.8 Å². The van der Waals surface area contributed by atoms with E-state index >= 15 is 0 Å². The third kappa shape index (κ3) is 2.30. The molecule has 0 saturated carbocycles. The van der Waals surface area contributed by atoms with E-state index in [1.165, 1.54) is 7.11 Å². The number of ether oxygens (including phenoxy) is 1. The third-order valence-corrected chi connectivity index (χ3v) is 3.27. The Labute approximate surface area is 115 Å². The number of fused-ring (bicyclic) bond motifs is 1. The minimum Gasteiger partial charge on any atom is -0.480 e. The topological polar surface area (TPSA) is 83.9 Å². The first-order chi connectivity index (χ1) is 9.47. The molecule has 1 aliphatic heterocycles. The molecule has 1 aliphatic rings. The average molecular weight is 277 g/mol. The molecule has 1 atom stereocenters. The Morgan fingerprint density at radius 2 is 1.95 bits per heavy atom. The van der Waals surface area contributed by atoms with Gasteiger partial charge in [0.2, 0.25) is 0 Å². The molecule has 1 aromatic carbocycles. The summed E-state index contributed by atoms with van der Waals surface area (Å²) >= 11 is 0. The van der Waals surface area contributed by atoms with Gasteiger partial charge in [0, 0.05) is 20.1 Å². The highest BCUT2D eigenvalue weighted by Gasteiger charge is 2.42. The predicted octanol–water partition coefficient (Wildman–Crippen LogP) is 1.08. The summed E-state index contributed by atoms with van der Waals surface area (Å²) < 4.78 is 4.84. The first-order valence-corrected chi connectivity index (χ1v) is 6.17. The van der Waals surface area contributed by atoms with Crippen LogP contribution in [0.2, 0.25) is 0 Å². The van der Waals surface area contributed by atoms with Crippen molar-refractivity contribution in [3.05, 3.63) is 34.9 Å². The summed E-state index contributed by atoms with van der Waals surface area (Å²) in [5.74, 6) is -2.33. The highest BCUT2D eigenvalue weighted by Crippen LogP contribution is 2.26. The monoisotopic (exact) mass is 277 g/mol. The molecule has 0 aliphatic carbocycles. The van der Waals surface area contributed by atoms with Crippen molar-refractivity contribution in [1.82, 2.24) is 4.90 Å². The number of rotatable bonds is 5. The normalized spacial score (nSPS) is 15.4. The zero-order valence-corrected chi connectivity index (χ0v) is 11.3. The standard InChI is InChI=1S/C14H15NO5/c1-8-3-4-9-10(7-8)13(17)15(12(9)16)11(14(18)19)5-6-20-2/h3-4,7,11H,5-6H2,1-2H3,(H,18,19). The minimum atomic E-state index is -1.21. The van der Waals surface area contributed by atoms with Gasteiger partial charge >= 0.3 is 5.97 Å². The molecule has 0 fully saturated rings. The first-order valence-electron chi connectivity index (χ1n) is 6.17. The van der Waals surface area contributed by atoms with Gasteiger partial charge < -0.3 is 9.84 Å². The number of benzene rings is 1. The number of carbonyl (C=O) groups excluding carboxylic acids is 2. The molecule has 2 amide bonds. The molecule has 1 N–H and O–H groups in total. The van der Waals surface area contributed by atoms with E-state index in [1.807, 2.05) is 0 Å². The van der Waals surface area contributed by atoms with Gasteiger partial charge in [-0.1, -0.05) is 11.6 Å². The highest BCUT2D eigenvalue weighted by atomic mass is 16.5. The number of carboxylic acid groups (broad SMARTS) is 1. The van der Waals surface area contributed by atoms with Gasteiger partial charge in [-0.3, -0.25) is 14.5 Å². The molecule has 0 bridgehead atoms. The minimum absolute atomic E-state index is 0.0658. The van der Waals surface area contributed by atoms with Crippen molar-refractivity contribution < 1.29 is 24.2 Å². The first kappa shape index (κ1) is 14.2. The van der Waals surface area contributed by atoms with Crippen LogP contribution in [0, 0.1) is 6.92 Å². The molecule has 1 unspecified atom stereocenters. The maximum atomic E-state index is 12.3. The Morgan fingerprint density at radius 3 is 2.55 bits per heavy atom. The lowest BCUT2D eigenvalue weighted by Gasteiger charge is -2.22. The Hall–Kier alpha value is -2.21. The zero-order chi connectivity index (χ0) is 14.9. The van der Waals surface area contributed by atoms with Crippen molar-refractivity contribution in [3.63, 3.8) is 0 Å². The predicted molar refractivity (Wildman–Crippen MR) is 69.6 cm³/mol. The molecule has 0 aromatic heterocycles. The fraction of sp³-hybridized carbons (Fsp3) is 0.357. The van der Waals surface area contributed by atoms with Crippen molar-refractivity contribution in [1.29, 1.82) is 0 Å². The molecular formula is C14H15NO5. The summed E-state index contributed by atoms with van der Waals surface area (Å²) in [4.78, 5) is 36.6. The second kappa shape index (κ2) is 5.42. The maximum absolute atomic E-state index is 12.3. The quantitative estimate of drug-likeness (QED) is 0.814. The largest absolute Gasteiger partial charge is 0.480 e. The van der Waals surface area contributed by atoms with Crippen LogP contribution in [0.3, 0.4) is 0 Å². The van der Waals surface area contributed by atoms with E-state index in [0.717, 1.165) is 10.5 Å². The molecule has 0 spiro atoms. The molecule has 1 heterocycles. The zero-order valence-electron chi connectivity index (χ0n) is 11.3. The van der Waals surface area contributed by atoms with Gasteiger partial charge in [0.05, 0.1) is 11.1 Å².